The molecule has 19 heavy (non-hydrogen) atoms. The molecule has 0 unspecified atom stereocenters. The molecule has 3 rings (SSSR count). The first-order chi connectivity index (χ1) is 9.36. The fourth-order valence-corrected chi connectivity index (χ4v) is 1.76. The molecule has 0 fully saturated rings. The second-order valence-electron chi connectivity index (χ2n) is 3.96. The number of rotatable bonds is 3. The van der Waals surface area contributed by atoms with E-state index < -0.39 is 0 Å². The van der Waals surface area contributed by atoms with Gasteiger partial charge in [-0.05, 0) is 36.4 Å². The van der Waals surface area contributed by atoms with Gasteiger partial charge in [0.1, 0.15) is 11.4 Å². The average Bonchev–Trinajstić information content (AvgIpc) is 2.98. The molecule has 0 amide bonds. The molecule has 0 saturated heterocycles. The lowest BCUT2D eigenvalue weighted by atomic mass is 10.3. The van der Waals surface area contributed by atoms with E-state index in [0.29, 0.717) is 0 Å². The Morgan fingerprint density at radius 3 is 2.53 bits per heavy atom. The Labute approximate surface area is 110 Å². The number of pyridine rings is 1. The van der Waals surface area contributed by atoms with E-state index in [1.807, 2.05) is 48.7 Å². The van der Waals surface area contributed by atoms with Gasteiger partial charge in [-0.25, -0.2) is 4.68 Å². The smallest absolute Gasteiger partial charge is 0.131 e. The van der Waals surface area contributed by atoms with Crippen LogP contribution in [0.3, 0.4) is 0 Å². The van der Waals surface area contributed by atoms with Crippen LogP contribution in [-0.2, 0) is 0 Å². The number of aromatic nitrogens is 4. The van der Waals surface area contributed by atoms with Crippen LogP contribution < -0.4 is 4.74 Å². The fraction of sp³-hybridized carbons (Fsp3) is 0.0714. The first-order valence-corrected chi connectivity index (χ1v) is 5.85. The van der Waals surface area contributed by atoms with Crippen molar-refractivity contribution in [2.75, 3.05) is 7.11 Å². The largest absolute Gasteiger partial charge is 0.497 e. The molecule has 3 aromatic rings. The van der Waals surface area contributed by atoms with Crippen molar-refractivity contribution in [1.29, 1.82) is 0 Å². The number of methoxy groups -OCH3 is 1. The molecule has 1 aromatic carbocycles. The Bertz CT molecular complexity index is 661. The first kappa shape index (κ1) is 11.4. The molecule has 0 aliphatic rings. The summed E-state index contributed by atoms with van der Waals surface area (Å²) in [7, 11) is 1.64. The first-order valence-electron chi connectivity index (χ1n) is 5.85. The molecular weight excluding hydrogens is 240 g/mol. The Hall–Kier alpha value is -2.69. The molecule has 0 bridgehead atoms. The predicted molar refractivity (Wildman–Crippen MR) is 71.1 cm³/mol. The zero-order valence-electron chi connectivity index (χ0n) is 10.4. The summed E-state index contributed by atoms with van der Waals surface area (Å²) in [6, 6.07) is 13.3. The van der Waals surface area contributed by atoms with Crippen molar-refractivity contribution in [2.45, 2.75) is 0 Å². The van der Waals surface area contributed by atoms with Crippen LogP contribution in [-0.4, -0.2) is 27.1 Å². The highest BCUT2D eigenvalue weighted by molar-refractivity contribution is 5.52. The lowest BCUT2D eigenvalue weighted by molar-refractivity contribution is 0.414. The number of benzene rings is 1. The normalized spacial score (nSPS) is 10.4. The van der Waals surface area contributed by atoms with Crippen LogP contribution in [0.4, 0.5) is 0 Å². The van der Waals surface area contributed by atoms with Crippen LogP contribution in [0.5, 0.6) is 5.75 Å². The standard InChI is InChI=1S/C14H12N4O/c1-19-12-7-5-11(6-8-12)18-10-14(16-17-18)13-4-2-3-9-15-13/h2-10H,1H3. The van der Waals surface area contributed by atoms with Crippen LogP contribution >= 0.6 is 0 Å². The van der Waals surface area contributed by atoms with Crippen molar-refractivity contribution < 1.29 is 4.74 Å². The molecule has 94 valence electrons. The lowest BCUT2D eigenvalue weighted by Gasteiger charge is -2.01. The highest BCUT2D eigenvalue weighted by Crippen LogP contribution is 2.17. The maximum atomic E-state index is 5.12. The van der Waals surface area contributed by atoms with E-state index in [1.54, 1.807) is 18.0 Å². The number of ether oxygens (including phenoxy) is 1. The second kappa shape index (κ2) is 4.89. The number of nitrogens with zero attached hydrogens (tertiary/aromatic N) is 4. The average molecular weight is 252 g/mol. The molecule has 0 aliphatic heterocycles. The quantitative estimate of drug-likeness (QED) is 0.718. The molecule has 0 radical (unpaired) electrons. The highest BCUT2D eigenvalue weighted by Gasteiger charge is 2.05. The van der Waals surface area contributed by atoms with Crippen molar-refractivity contribution in [1.82, 2.24) is 20.0 Å². The maximum Gasteiger partial charge on any atom is 0.131 e. The molecule has 5 heteroatoms. The summed E-state index contributed by atoms with van der Waals surface area (Å²) < 4.78 is 6.84. The summed E-state index contributed by atoms with van der Waals surface area (Å²) in [5.74, 6) is 0.814. The van der Waals surface area contributed by atoms with Gasteiger partial charge < -0.3 is 4.74 Å². The van der Waals surface area contributed by atoms with Crippen molar-refractivity contribution >= 4 is 0 Å². The minimum absolute atomic E-state index is 0.747. The van der Waals surface area contributed by atoms with Crippen molar-refractivity contribution in [2.24, 2.45) is 0 Å². The third-order valence-electron chi connectivity index (χ3n) is 2.76. The van der Waals surface area contributed by atoms with Gasteiger partial charge in [-0.3, -0.25) is 4.98 Å². The topological polar surface area (TPSA) is 52.8 Å². The Kier molecular flexibility index (Phi) is 2.94. The number of hydrogen-bond donors (Lipinski definition) is 0. The minimum atomic E-state index is 0.747. The van der Waals surface area contributed by atoms with E-state index in [4.69, 9.17) is 4.74 Å². The zero-order chi connectivity index (χ0) is 13.1. The van der Waals surface area contributed by atoms with Crippen molar-refractivity contribution in [3.8, 4) is 22.8 Å². The zero-order valence-corrected chi connectivity index (χ0v) is 10.4. The van der Waals surface area contributed by atoms with Gasteiger partial charge >= 0.3 is 0 Å². The molecular formula is C14H12N4O. The molecule has 0 spiro atoms. The molecule has 2 aromatic heterocycles. The van der Waals surface area contributed by atoms with Gasteiger partial charge in [0.25, 0.3) is 0 Å². The minimum Gasteiger partial charge on any atom is -0.497 e. The SMILES string of the molecule is COc1ccc(-n2cc(-c3ccccn3)nn2)cc1. The van der Waals surface area contributed by atoms with Crippen LogP contribution in [0.1, 0.15) is 0 Å². The van der Waals surface area contributed by atoms with Crippen LogP contribution in [0.2, 0.25) is 0 Å². The van der Waals surface area contributed by atoms with E-state index in [-0.39, 0.29) is 0 Å². The molecule has 0 atom stereocenters. The Balaban J connectivity index is 1.92. The van der Waals surface area contributed by atoms with E-state index in [9.17, 15) is 0 Å². The summed E-state index contributed by atoms with van der Waals surface area (Å²) in [4.78, 5) is 4.25. The van der Waals surface area contributed by atoms with E-state index in [1.165, 1.54) is 0 Å². The van der Waals surface area contributed by atoms with Gasteiger partial charge in [-0.15, -0.1) is 5.10 Å². The number of hydrogen-bond acceptors (Lipinski definition) is 4. The van der Waals surface area contributed by atoms with E-state index >= 15 is 0 Å². The van der Waals surface area contributed by atoms with Gasteiger partial charge in [-0.2, -0.15) is 0 Å². The van der Waals surface area contributed by atoms with Gasteiger partial charge in [0.15, 0.2) is 0 Å². The summed E-state index contributed by atoms with van der Waals surface area (Å²) >= 11 is 0. The fourth-order valence-electron chi connectivity index (χ4n) is 1.76. The molecule has 5 nitrogen and oxygen atoms in total. The lowest BCUT2D eigenvalue weighted by Crippen LogP contribution is -1.94. The van der Waals surface area contributed by atoms with E-state index in [0.717, 1.165) is 22.8 Å². The molecule has 0 saturated carbocycles. The summed E-state index contributed by atoms with van der Waals surface area (Å²) in [6.07, 6.45) is 3.59. The van der Waals surface area contributed by atoms with Crippen LogP contribution in [0.15, 0.2) is 54.9 Å². The van der Waals surface area contributed by atoms with Crippen molar-refractivity contribution in [3.63, 3.8) is 0 Å². The maximum absolute atomic E-state index is 5.12. The van der Waals surface area contributed by atoms with Crippen molar-refractivity contribution in [3.05, 3.63) is 54.9 Å². The molecule has 0 aliphatic carbocycles. The predicted octanol–water partition coefficient (Wildman–Crippen LogP) is 2.34. The molecule has 2 heterocycles. The van der Waals surface area contributed by atoms with E-state index in [2.05, 4.69) is 15.3 Å². The van der Waals surface area contributed by atoms with Gasteiger partial charge in [0.2, 0.25) is 0 Å². The monoisotopic (exact) mass is 252 g/mol. The van der Waals surface area contributed by atoms with Gasteiger partial charge in [0.05, 0.1) is 24.7 Å². The second-order valence-corrected chi connectivity index (χ2v) is 3.96. The Morgan fingerprint density at radius 1 is 1.00 bits per heavy atom. The Morgan fingerprint density at radius 2 is 1.84 bits per heavy atom. The third kappa shape index (κ3) is 2.30. The van der Waals surface area contributed by atoms with Crippen LogP contribution in [0.25, 0.3) is 17.1 Å². The molecule has 0 N–H and O–H groups in total. The summed E-state index contributed by atoms with van der Waals surface area (Å²) in [5, 5.41) is 8.23. The van der Waals surface area contributed by atoms with Crippen LogP contribution in [0, 0.1) is 0 Å². The summed E-state index contributed by atoms with van der Waals surface area (Å²) in [6.45, 7) is 0. The summed E-state index contributed by atoms with van der Waals surface area (Å²) in [5.41, 5.74) is 2.48. The highest BCUT2D eigenvalue weighted by atomic mass is 16.5. The van der Waals surface area contributed by atoms with Gasteiger partial charge in [-0.1, -0.05) is 11.3 Å². The third-order valence-corrected chi connectivity index (χ3v) is 2.76. The van der Waals surface area contributed by atoms with Gasteiger partial charge in [0, 0.05) is 6.20 Å².